The number of benzene rings is 1. The fourth-order valence-electron chi connectivity index (χ4n) is 1.90. The fraction of sp³-hybridized carbons (Fsp3) is 0.0667. The molecule has 0 atom stereocenters. The maximum Gasteiger partial charge on any atom is 0.265 e. The van der Waals surface area contributed by atoms with Crippen LogP contribution < -0.4 is 10.1 Å². The Balaban J connectivity index is 1.84. The molecule has 21 heavy (non-hydrogen) atoms. The Bertz CT molecular complexity index is 799. The monoisotopic (exact) mass is 302 g/mol. The summed E-state index contributed by atoms with van der Waals surface area (Å²) in [5.41, 5.74) is 0.554. The highest BCUT2D eigenvalue weighted by atomic mass is 32.1. The minimum atomic E-state index is -0.325. The van der Waals surface area contributed by atoms with Gasteiger partial charge in [-0.2, -0.15) is 0 Å². The Hall–Kier alpha value is -2.47. The molecule has 2 heterocycles. The number of carbonyl (C=O) groups excluding carboxylic acids is 1. The van der Waals surface area contributed by atoms with Gasteiger partial charge in [-0.25, -0.2) is 9.37 Å². The molecule has 3 rings (SSSR count). The highest BCUT2D eigenvalue weighted by molar-refractivity contribution is 7.20. The number of halogens is 1. The Kier molecular flexibility index (Phi) is 3.53. The van der Waals surface area contributed by atoms with E-state index in [0.29, 0.717) is 21.8 Å². The van der Waals surface area contributed by atoms with Crippen LogP contribution in [0.15, 0.2) is 42.6 Å². The number of thiophene rings is 1. The van der Waals surface area contributed by atoms with Crippen molar-refractivity contribution < 1.29 is 13.9 Å². The molecule has 0 bridgehead atoms. The summed E-state index contributed by atoms with van der Waals surface area (Å²) < 4.78 is 19.3. The summed E-state index contributed by atoms with van der Waals surface area (Å²) in [6.07, 6.45) is 1.50. The third kappa shape index (κ3) is 2.71. The van der Waals surface area contributed by atoms with Crippen molar-refractivity contribution in [3.05, 3.63) is 53.3 Å². The number of anilines is 1. The molecular weight excluding hydrogens is 291 g/mol. The Morgan fingerprint density at radius 2 is 2.19 bits per heavy atom. The van der Waals surface area contributed by atoms with E-state index in [1.54, 1.807) is 30.3 Å². The normalized spacial score (nSPS) is 10.6. The topological polar surface area (TPSA) is 51.2 Å². The van der Waals surface area contributed by atoms with Gasteiger partial charge in [0, 0.05) is 16.2 Å². The lowest BCUT2D eigenvalue weighted by Crippen LogP contribution is -2.10. The highest BCUT2D eigenvalue weighted by Gasteiger charge is 2.12. The van der Waals surface area contributed by atoms with E-state index < -0.39 is 0 Å². The molecule has 0 unspecified atom stereocenters. The molecule has 0 aliphatic heterocycles. The summed E-state index contributed by atoms with van der Waals surface area (Å²) >= 11 is 1.25. The number of carbonyl (C=O) groups is 1. The minimum absolute atomic E-state index is 0.289. The van der Waals surface area contributed by atoms with Gasteiger partial charge in [-0.05, 0) is 24.3 Å². The third-order valence-corrected chi connectivity index (χ3v) is 4.03. The molecule has 106 valence electrons. The van der Waals surface area contributed by atoms with Crippen molar-refractivity contribution in [2.24, 2.45) is 0 Å². The summed E-state index contributed by atoms with van der Waals surface area (Å²) in [7, 11) is 1.52. The van der Waals surface area contributed by atoms with Crippen molar-refractivity contribution in [3.63, 3.8) is 0 Å². The number of amides is 1. The van der Waals surface area contributed by atoms with Gasteiger partial charge >= 0.3 is 0 Å². The van der Waals surface area contributed by atoms with Crippen LogP contribution in [-0.4, -0.2) is 18.0 Å². The maximum atomic E-state index is 13.6. The Morgan fingerprint density at radius 1 is 1.33 bits per heavy atom. The fourth-order valence-corrected chi connectivity index (χ4v) is 2.88. The van der Waals surface area contributed by atoms with Crippen molar-refractivity contribution in [1.29, 1.82) is 0 Å². The molecule has 1 N–H and O–H groups in total. The first-order valence-electron chi connectivity index (χ1n) is 6.17. The predicted octanol–water partition coefficient (Wildman–Crippen LogP) is 3.70. The van der Waals surface area contributed by atoms with Gasteiger partial charge in [0.1, 0.15) is 5.82 Å². The predicted molar refractivity (Wildman–Crippen MR) is 80.5 cm³/mol. The van der Waals surface area contributed by atoms with Gasteiger partial charge in [-0.1, -0.05) is 6.07 Å². The number of hydrogen-bond acceptors (Lipinski definition) is 4. The highest BCUT2D eigenvalue weighted by Crippen LogP contribution is 2.28. The van der Waals surface area contributed by atoms with Gasteiger partial charge in [0.15, 0.2) is 0 Å². The zero-order chi connectivity index (χ0) is 14.8. The molecular formula is C15H11FN2O2S. The van der Waals surface area contributed by atoms with Crippen LogP contribution in [0.2, 0.25) is 0 Å². The zero-order valence-corrected chi connectivity index (χ0v) is 11.9. The van der Waals surface area contributed by atoms with E-state index in [1.807, 2.05) is 0 Å². The van der Waals surface area contributed by atoms with Gasteiger partial charge in [0.2, 0.25) is 5.88 Å². The van der Waals surface area contributed by atoms with E-state index in [2.05, 4.69) is 10.3 Å². The zero-order valence-electron chi connectivity index (χ0n) is 11.1. The number of hydrogen-bond donors (Lipinski definition) is 1. The average Bonchev–Trinajstić information content (AvgIpc) is 2.94. The molecule has 0 saturated heterocycles. The van der Waals surface area contributed by atoms with Crippen molar-refractivity contribution in [1.82, 2.24) is 4.98 Å². The average molecular weight is 302 g/mol. The number of rotatable bonds is 3. The summed E-state index contributed by atoms with van der Waals surface area (Å²) in [6, 6.07) is 9.70. The van der Waals surface area contributed by atoms with Crippen LogP contribution in [0.1, 0.15) is 9.67 Å². The van der Waals surface area contributed by atoms with E-state index in [0.717, 1.165) is 4.70 Å². The molecule has 0 fully saturated rings. The Morgan fingerprint density at radius 3 is 2.86 bits per heavy atom. The lowest BCUT2D eigenvalue weighted by atomic mass is 10.2. The number of nitrogens with zero attached hydrogens (tertiary/aromatic N) is 1. The molecule has 4 nitrogen and oxygen atoms in total. The molecule has 0 aliphatic carbocycles. The number of ether oxygens (including phenoxy) is 1. The van der Waals surface area contributed by atoms with Crippen molar-refractivity contribution >= 4 is 33.0 Å². The first kappa shape index (κ1) is 13.5. The van der Waals surface area contributed by atoms with Gasteiger partial charge in [-0.3, -0.25) is 4.79 Å². The molecule has 0 aliphatic rings. The first-order chi connectivity index (χ1) is 10.2. The largest absolute Gasteiger partial charge is 0.481 e. The van der Waals surface area contributed by atoms with Crippen LogP contribution in [0, 0.1) is 5.82 Å². The molecule has 0 radical (unpaired) electrons. The molecule has 2 aromatic heterocycles. The number of nitrogens with one attached hydrogen (secondary N) is 1. The van der Waals surface area contributed by atoms with Gasteiger partial charge in [-0.15, -0.1) is 11.3 Å². The Labute approximate surface area is 124 Å². The van der Waals surface area contributed by atoms with Crippen LogP contribution in [0.25, 0.3) is 10.1 Å². The number of aromatic nitrogens is 1. The summed E-state index contributed by atoms with van der Waals surface area (Å²) in [5, 5.41) is 3.18. The molecule has 6 heteroatoms. The van der Waals surface area contributed by atoms with Crippen molar-refractivity contribution in [3.8, 4) is 5.88 Å². The SMILES string of the molecule is COc1ccc(NC(=O)c2cc3c(F)cccc3s2)cn1. The van der Waals surface area contributed by atoms with E-state index in [1.165, 1.54) is 30.7 Å². The lowest BCUT2D eigenvalue weighted by Gasteiger charge is -2.03. The van der Waals surface area contributed by atoms with Gasteiger partial charge < -0.3 is 10.1 Å². The summed E-state index contributed by atoms with van der Waals surface area (Å²) in [6.45, 7) is 0. The van der Waals surface area contributed by atoms with Crippen molar-refractivity contribution in [2.75, 3.05) is 12.4 Å². The van der Waals surface area contributed by atoms with Crippen LogP contribution in [0.5, 0.6) is 5.88 Å². The van der Waals surface area contributed by atoms with Crippen LogP contribution >= 0.6 is 11.3 Å². The number of fused-ring (bicyclic) bond motifs is 1. The van der Waals surface area contributed by atoms with Crippen LogP contribution in [-0.2, 0) is 0 Å². The first-order valence-corrected chi connectivity index (χ1v) is 6.98. The van der Waals surface area contributed by atoms with Crippen LogP contribution in [0.4, 0.5) is 10.1 Å². The number of methoxy groups -OCH3 is 1. The van der Waals surface area contributed by atoms with Crippen molar-refractivity contribution in [2.45, 2.75) is 0 Å². The molecule has 0 spiro atoms. The minimum Gasteiger partial charge on any atom is -0.481 e. The van der Waals surface area contributed by atoms with Gasteiger partial charge in [0.05, 0.1) is 23.9 Å². The molecule has 0 saturated carbocycles. The smallest absolute Gasteiger partial charge is 0.265 e. The second-order valence-corrected chi connectivity index (χ2v) is 5.39. The van der Waals surface area contributed by atoms with E-state index in [4.69, 9.17) is 4.74 Å². The van der Waals surface area contributed by atoms with E-state index in [9.17, 15) is 9.18 Å². The van der Waals surface area contributed by atoms with Crippen LogP contribution in [0.3, 0.4) is 0 Å². The molecule has 1 aromatic carbocycles. The molecule has 3 aromatic rings. The maximum absolute atomic E-state index is 13.6. The van der Waals surface area contributed by atoms with E-state index >= 15 is 0 Å². The lowest BCUT2D eigenvalue weighted by molar-refractivity contribution is 0.103. The second kappa shape index (κ2) is 5.49. The van der Waals surface area contributed by atoms with E-state index in [-0.39, 0.29) is 11.7 Å². The standard InChI is InChI=1S/C15H11FN2O2S/c1-20-14-6-5-9(8-17-14)18-15(19)13-7-10-11(16)3-2-4-12(10)21-13/h2-8H,1H3,(H,18,19). The quantitative estimate of drug-likeness (QED) is 0.802. The summed E-state index contributed by atoms with van der Waals surface area (Å²) in [5.74, 6) is -0.145. The second-order valence-electron chi connectivity index (χ2n) is 4.31. The summed E-state index contributed by atoms with van der Waals surface area (Å²) in [4.78, 5) is 16.6. The number of pyridine rings is 1. The van der Waals surface area contributed by atoms with Gasteiger partial charge in [0.25, 0.3) is 5.91 Å². The third-order valence-electron chi connectivity index (χ3n) is 2.94. The molecule has 1 amide bonds.